The van der Waals surface area contributed by atoms with Crippen molar-refractivity contribution in [3.8, 4) is 0 Å². The molecule has 0 atom stereocenters. The zero-order valence-electron chi connectivity index (χ0n) is 15.0. The van der Waals surface area contributed by atoms with Crippen LogP contribution in [0.3, 0.4) is 0 Å². The average molecular weight is 396 g/mol. The number of rotatable bonds is 4. The lowest BCUT2D eigenvalue weighted by Gasteiger charge is -2.17. The topological polar surface area (TPSA) is 71.4 Å². The molecule has 2 aromatic rings. The Morgan fingerprint density at radius 2 is 1.81 bits per heavy atom. The Bertz CT molecular complexity index is 960. The van der Waals surface area contributed by atoms with E-state index in [1.807, 2.05) is 0 Å². The fourth-order valence-corrected chi connectivity index (χ4v) is 5.09. The van der Waals surface area contributed by atoms with Crippen LogP contribution in [-0.2, 0) is 17.1 Å². The Labute approximate surface area is 158 Å². The molecule has 1 fully saturated rings. The van der Waals surface area contributed by atoms with Gasteiger partial charge in [0.25, 0.3) is 15.9 Å². The highest BCUT2D eigenvalue weighted by molar-refractivity contribution is 7.92. The number of carbonyl (C=O) groups is 1. The third kappa shape index (κ3) is 3.33. The number of aromatic nitrogens is 1. The first-order valence-corrected chi connectivity index (χ1v) is 10.3. The van der Waals surface area contributed by atoms with E-state index in [0.717, 1.165) is 12.8 Å². The van der Waals surface area contributed by atoms with Gasteiger partial charge in [-0.15, -0.1) is 0 Å². The molecule has 1 aromatic carbocycles. The highest BCUT2D eigenvalue weighted by atomic mass is 35.5. The predicted octanol–water partition coefficient (Wildman–Crippen LogP) is 3.33. The molecule has 2 heterocycles. The molecule has 140 valence electrons. The number of amides is 1. The second-order valence-electron chi connectivity index (χ2n) is 6.55. The van der Waals surface area contributed by atoms with Crippen molar-refractivity contribution in [3.05, 3.63) is 46.2 Å². The van der Waals surface area contributed by atoms with Gasteiger partial charge in [-0.05, 0) is 44.9 Å². The molecule has 0 spiro atoms. The number of sulfonamides is 1. The summed E-state index contributed by atoms with van der Waals surface area (Å²) in [6.45, 7) is 4.80. The Hall–Kier alpha value is -1.99. The largest absolute Gasteiger partial charge is 0.350 e. The number of nitrogens with zero attached hydrogens (tertiary/aromatic N) is 2. The third-order valence-electron chi connectivity index (χ3n) is 4.88. The van der Waals surface area contributed by atoms with Gasteiger partial charge < -0.3 is 9.47 Å². The number of carbonyl (C=O) groups excluding carboxylic acids is 1. The number of benzene rings is 1. The molecule has 0 bridgehead atoms. The van der Waals surface area contributed by atoms with Gasteiger partial charge in [-0.3, -0.25) is 9.52 Å². The summed E-state index contributed by atoms with van der Waals surface area (Å²) in [5.74, 6) is -0.227. The molecular formula is C18H22ClN3O3S. The second kappa shape index (κ2) is 6.96. The highest BCUT2D eigenvalue weighted by Gasteiger charge is 2.33. The summed E-state index contributed by atoms with van der Waals surface area (Å²) in [5.41, 5.74) is 1.78. The maximum atomic E-state index is 13.1. The molecule has 0 aliphatic carbocycles. The first-order chi connectivity index (χ1) is 12.2. The van der Waals surface area contributed by atoms with Gasteiger partial charge in [0.1, 0.15) is 4.90 Å². The van der Waals surface area contributed by atoms with Crippen LogP contribution in [0.1, 0.15) is 34.6 Å². The van der Waals surface area contributed by atoms with Crippen LogP contribution in [0.5, 0.6) is 0 Å². The van der Waals surface area contributed by atoms with Crippen molar-refractivity contribution >= 4 is 33.2 Å². The summed E-state index contributed by atoms with van der Waals surface area (Å²) in [6, 6.07) is 6.49. The molecule has 0 radical (unpaired) electrons. The summed E-state index contributed by atoms with van der Waals surface area (Å²) >= 11 is 5.95. The van der Waals surface area contributed by atoms with E-state index in [-0.39, 0.29) is 16.4 Å². The van der Waals surface area contributed by atoms with E-state index in [9.17, 15) is 13.2 Å². The lowest BCUT2D eigenvalue weighted by molar-refractivity contribution is 0.0788. The van der Waals surface area contributed by atoms with Crippen molar-refractivity contribution in [2.45, 2.75) is 31.6 Å². The van der Waals surface area contributed by atoms with Gasteiger partial charge in [0, 0.05) is 36.5 Å². The van der Waals surface area contributed by atoms with E-state index in [1.165, 1.54) is 6.07 Å². The van der Waals surface area contributed by atoms with Gasteiger partial charge in [-0.1, -0.05) is 17.7 Å². The Morgan fingerprint density at radius 1 is 1.15 bits per heavy atom. The van der Waals surface area contributed by atoms with Gasteiger partial charge in [-0.25, -0.2) is 8.42 Å². The molecule has 0 saturated carbocycles. The van der Waals surface area contributed by atoms with E-state index in [0.29, 0.717) is 35.2 Å². The highest BCUT2D eigenvalue weighted by Crippen LogP contribution is 2.30. The molecule has 1 saturated heterocycles. The Morgan fingerprint density at radius 3 is 2.42 bits per heavy atom. The molecule has 1 aromatic heterocycles. The molecule has 3 rings (SSSR count). The van der Waals surface area contributed by atoms with Crippen molar-refractivity contribution in [2.75, 3.05) is 17.8 Å². The van der Waals surface area contributed by atoms with Crippen LogP contribution in [0, 0.1) is 13.8 Å². The van der Waals surface area contributed by atoms with Crippen LogP contribution in [0.15, 0.2) is 29.2 Å². The second-order valence-corrected chi connectivity index (χ2v) is 8.60. The SMILES string of the molecule is Cc1c(C(=O)N2CCCC2)c(S(=O)(=O)Nc2cccc(Cl)c2)c(C)n1C. The normalized spacial score (nSPS) is 14.7. The van der Waals surface area contributed by atoms with Crippen molar-refractivity contribution in [3.63, 3.8) is 0 Å². The minimum atomic E-state index is -3.94. The van der Waals surface area contributed by atoms with Crippen LogP contribution < -0.4 is 4.72 Å². The number of halogens is 1. The van der Waals surface area contributed by atoms with Crippen molar-refractivity contribution < 1.29 is 13.2 Å². The van der Waals surface area contributed by atoms with E-state index in [4.69, 9.17) is 11.6 Å². The number of likely N-dealkylation sites (tertiary alicyclic amines) is 1. The smallest absolute Gasteiger partial charge is 0.264 e. The lowest BCUT2D eigenvalue weighted by Crippen LogP contribution is -2.30. The zero-order chi connectivity index (χ0) is 19.1. The Kier molecular flexibility index (Phi) is 5.03. The maximum Gasteiger partial charge on any atom is 0.264 e. The van der Waals surface area contributed by atoms with E-state index in [1.54, 1.807) is 48.6 Å². The summed E-state index contributed by atoms with van der Waals surface area (Å²) in [5, 5.41) is 0.430. The summed E-state index contributed by atoms with van der Waals surface area (Å²) in [6.07, 6.45) is 1.89. The van der Waals surface area contributed by atoms with Crippen molar-refractivity contribution in [1.29, 1.82) is 0 Å². The van der Waals surface area contributed by atoms with Gasteiger partial charge in [0.2, 0.25) is 0 Å². The molecular weight excluding hydrogens is 374 g/mol. The maximum absolute atomic E-state index is 13.1. The molecule has 1 amide bonds. The molecule has 0 unspecified atom stereocenters. The molecule has 1 aliphatic rings. The van der Waals surface area contributed by atoms with Crippen molar-refractivity contribution in [2.24, 2.45) is 7.05 Å². The van der Waals surface area contributed by atoms with Gasteiger partial charge in [-0.2, -0.15) is 0 Å². The van der Waals surface area contributed by atoms with Crippen LogP contribution >= 0.6 is 11.6 Å². The standard InChI is InChI=1S/C18H22ClN3O3S/c1-12-16(18(23)22-9-4-5-10-22)17(13(2)21(12)3)26(24,25)20-15-8-6-7-14(19)11-15/h6-8,11,20H,4-5,9-10H2,1-3H3. The minimum absolute atomic E-state index is 0.0365. The van der Waals surface area contributed by atoms with Gasteiger partial charge in [0.05, 0.1) is 11.3 Å². The fraction of sp³-hybridized carbons (Fsp3) is 0.389. The zero-order valence-corrected chi connectivity index (χ0v) is 16.6. The van der Waals surface area contributed by atoms with Crippen LogP contribution in [0.4, 0.5) is 5.69 Å². The Balaban J connectivity index is 2.08. The third-order valence-corrected chi connectivity index (χ3v) is 6.65. The average Bonchev–Trinajstić information content (AvgIpc) is 3.17. The number of hydrogen-bond donors (Lipinski definition) is 1. The van der Waals surface area contributed by atoms with E-state index >= 15 is 0 Å². The number of hydrogen-bond acceptors (Lipinski definition) is 3. The van der Waals surface area contributed by atoms with E-state index < -0.39 is 10.0 Å². The van der Waals surface area contributed by atoms with E-state index in [2.05, 4.69) is 4.72 Å². The first kappa shape index (κ1) is 18.8. The quantitative estimate of drug-likeness (QED) is 0.863. The van der Waals surface area contributed by atoms with Crippen molar-refractivity contribution in [1.82, 2.24) is 9.47 Å². The number of nitrogens with one attached hydrogen (secondary N) is 1. The first-order valence-electron chi connectivity index (χ1n) is 8.46. The summed E-state index contributed by atoms with van der Waals surface area (Å²) in [4.78, 5) is 14.8. The van der Waals surface area contributed by atoms with Crippen LogP contribution in [0.2, 0.25) is 5.02 Å². The monoisotopic (exact) mass is 395 g/mol. The molecule has 1 N–H and O–H groups in total. The van der Waals surface area contributed by atoms with Crippen LogP contribution in [0.25, 0.3) is 0 Å². The molecule has 6 nitrogen and oxygen atoms in total. The fourth-order valence-electron chi connectivity index (χ4n) is 3.33. The summed E-state index contributed by atoms with van der Waals surface area (Å²) in [7, 11) is -2.18. The van der Waals surface area contributed by atoms with Crippen LogP contribution in [-0.4, -0.2) is 36.9 Å². The van der Waals surface area contributed by atoms with Gasteiger partial charge >= 0.3 is 0 Å². The molecule has 26 heavy (non-hydrogen) atoms. The molecule has 1 aliphatic heterocycles. The molecule has 8 heteroatoms. The summed E-state index contributed by atoms with van der Waals surface area (Å²) < 4.78 is 30.5. The minimum Gasteiger partial charge on any atom is -0.350 e. The lowest BCUT2D eigenvalue weighted by atomic mass is 10.2. The predicted molar refractivity (Wildman–Crippen MR) is 102 cm³/mol. The van der Waals surface area contributed by atoms with Gasteiger partial charge in [0.15, 0.2) is 0 Å². The number of anilines is 1.